The van der Waals surface area contributed by atoms with Crippen LogP contribution in [-0.4, -0.2) is 53.9 Å². The van der Waals surface area contributed by atoms with Crippen LogP contribution in [0.25, 0.3) is 45.0 Å². The fraction of sp³-hybridized carbons (Fsp3) is 0.139. The summed E-state index contributed by atoms with van der Waals surface area (Å²) in [6.07, 6.45) is -1.40. The molecule has 0 unspecified atom stereocenters. The van der Waals surface area contributed by atoms with E-state index in [9.17, 15) is 10.0 Å². The number of amides is 1. The van der Waals surface area contributed by atoms with Gasteiger partial charge in [0.15, 0.2) is 0 Å². The highest BCUT2D eigenvalue weighted by molar-refractivity contribution is 5.85. The second kappa shape index (κ2) is 13.5. The van der Waals surface area contributed by atoms with Gasteiger partial charge < -0.3 is 29.6 Å². The maximum absolute atomic E-state index is 13.9. The molecule has 0 aliphatic rings. The van der Waals surface area contributed by atoms with Crippen molar-refractivity contribution in [1.82, 2.24) is 25.0 Å². The Morgan fingerprint density at radius 1 is 0.574 bits per heavy atom. The molecule has 11 heteroatoms. The molecule has 0 spiro atoms. The molecule has 0 bridgehead atoms. The lowest BCUT2D eigenvalue weighted by Gasteiger charge is -2.24. The lowest BCUT2D eigenvalue weighted by molar-refractivity contribution is -0.124. The van der Waals surface area contributed by atoms with Gasteiger partial charge in [0.1, 0.15) is 23.0 Å². The Bertz CT molecular complexity index is 1900. The van der Waals surface area contributed by atoms with Crippen molar-refractivity contribution in [2.24, 2.45) is 0 Å². The SMILES string of the molecule is COc1ccccc1-c1cc(-c2ccccc2OC)n(C(C(=O)N[O-])n2nc(-c3ccccc3OC)cc2-c2ccccc2OC)n1. The molecule has 0 saturated heterocycles. The zero-order chi connectivity index (χ0) is 32.9. The summed E-state index contributed by atoms with van der Waals surface area (Å²) in [6, 6.07) is 33.2. The van der Waals surface area contributed by atoms with Gasteiger partial charge in [0, 0.05) is 22.3 Å². The highest BCUT2D eigenvalue weighted by atomic mass is 16.5. The number of methoxy groups -OCH3 is 4. The Morgan fingerprint density at radius 2 is 0.894 bits per heavy atom. The van der Waals surface area contributed by atoms with Gasteiger partial charge in [-0.1, -0.05) is 48.5 Å². The lowest BCUT2D eigenvalue weighted by Crippen LogP contribution is -2.36. The van der Waals surface area contributed by atoms with Crippen LogP contribution in [0.5, 0.6) is 23.0 Å². The van der Waals surface area contributed by atoms with Crippen LogP contribution in [0.1, 0.15) is 6.17 Å². The Morgan fingerprint density at radius 3 is 1.23 bits per heavy atom. The number of rotatable bonds is 11. The number of aromatic nitrogens is 4. The summed E-state index contributed by atoms with van der Waals surface area (Å²) in [5.41, 5.74) is 6.25. The molecule has 0 fully saturated rings. The smallest absolute Gasteiger partial charge is 0.256 e. The fourth-order valence-corrected chi connectivity index (χ4v) is 5.63. The van der Waals surface area contributed by atoms with Gasteiger partial charge in [-0.3, -0.25) is 4.79 Å². The van der Waals surface area contributed by atoms with E-state index in [1.807, 2.05) is 109 Å². The number of nitrogens with zero attached hydrogens (tertiary/aromatic N) is 4. The predicted octanol–water partition coefficient (Wildman–Crippen LogP) is 6.44. The Labute approximate surface area is 271 Å². The standard InChI is InChI=1S/C36H32N5O6/c1-44-31-17-9-5-13-23(31)27-21-29(25-15-7-11-19-33(25)46-3)40(37-27)36(35(42)39-43)41-30(26-16-8-12-20-34(26)47-4)22-28(38-41)24-14-6-10-18-32(24)45-2/h5-22,36H,1-4H3,(H-,39,42,43)/q-1. The number of carbonyl (C=O) groups is 1. The van der Waals surface area contributed by atoms with Crippen LogP contribution in [-0.2, 0) is 4.79 Å². The van der Waals surface area contributed by atoms with Crippen LogP contribution in [0, 0.1) is 5.21 Å². The number of hydrogen-bond donors (Lipinski definition) is 1. The number of hydroxylamine groups is 1. The monoisotopic (exact) mass is 630 g/mol. The van der Waals surface area contributed by atoms with E-state index in [2.05, 4.69) is 0 Å². The maximum Gasteiger partial charge on any atom is 0.256 e. The van der Waals surface area contributed by atoms with Gasteiger partial charge in [0.25, 0.3) is 5.91 Å². The molecule has 0 saturated carbocycles. The predicted molar refractivity (Wildman–Crippen MR) is 178 cm³/mol. The van der Waals surface area contributed by atoms with E-state index in [-0.39, 0.29) is 0 Å². The minimum Gasteiger partial charge on any atom is -0.759 e. The average Bonchev–Trinajstić information content (AvgIpc) is 3.77. The molecule has 0 radical (unpaired) electrons. The normalized spacial score (nSPS) is 10.9. The Kier molecular flexibility index (Phi) is 8.89. The Hall–Kier alpha value is -6.07. The van der Waals surface area contributed by atoms with Crippen LogP contribution < -0.4 is 24.4 Å². The first-order chi connectivity index (χ1) is 23.0. The van der Waals surface area contributed by atoms with Gasteiger partial charge in [0.2, 0.25) is 6.17 Å². The summed E-state index contributed by atoms with van der Waals surface area (Å²) in [4.78, 5) is 13.9. The third kappa shape index (κ3) is 5.75. The Balaban J connectivity index is 1.68. The highest BCUT2D eigenvalue weighted by Gasteiger charge is 2.32. The zero-order valence-corrected chi connectivity index (χ0v) is 26.2. The highest BCUT2D eigenvalue weighted by Crippen LogP contribution is 2.40. The second-order valence-corrected chi connectivity index (χ2v) is 10.4. The quantitative estimate of drug-likeness (QED) is 0.162. The van der Waals surface area contributed by atoms with Gasteiger partial charge in [-0.2, -0.15) is 10.2 Å². The summed E-state index contributed by atoms with van der Waals surface area (Å²) >= 11 is 0. The summed E-state index contributed by atoms with van der Waals surface area (Å²) < 4.78 is 25.7. The van der Waals surface area contributed by atoms with Crippen molar-refractivity contribution in [3.8, 4) is 68.0 Å². The first kappa shape index (κ1) is 30.9. The van der Waals surface area contributed by atoms with Gasteiger partial charge in [-0.15, -0.1) is 0 Å². The fourth-order valence-electron chi connectivity index (χ4n) is 5.63. The van der Waals surface area contributed by atoms with Crippen molar-refractivity contribution in [3.63, 3.8) is 0 Å². The van der Waals surface area contributed by atoms with E-state index in [1.54, 1.807) is 33.9 Å². The number of hydrogen-bond acceptors (Lipinski definition) is 8. The van der Waals surface area contributed by atoms with Gasteiger partial charge in [-0.05, 0) is 60.7 Å². The lowest BCUT2D eigenvalue weighted by atomic mass is 10.1. The van der Waals surface area contributed by atoms with Crippen LogP contribution in [0.2, 0.25) is 0 Å². The van der Waals surface area contributed by atoms with E-state index in [0.29, 0.717) is 68.0 Å². The van der Waals surface area contributed by atoms with E-state index < -0.39 is 12.1 Å². The van der Waals surface area contributed by atoms with Gasteiger partial charge >= 0.3 is 0 Å². The molecule has 1 N–H and O–H groups in total. The number of benzene rings is 4. The molecule has 11 nitrogen and oxygen atoms in total. The van der Waals surface area contributed by atoms with Crippen LogP contribution >= 0.6 is 0 Å². The van der Waals surface area contributed by atoms with E-state index in [0.717, 1.165) is 0 Å². The number of carbonyl (C=O) groups excluding carboxylic acids is 1. The third-order valence-corrected chi connectivity index (χ3v) is 7.80. The van der Waals surface area contributed by atoms with Crippen LogP contribution in [0.4, 0.5) is 0 Å². The molecule has 2 aromatic heterocycles. The van der Waals surface area contributed by atoms with Crippen molar-refractivity contribution in [2.75, 3.05) is 28.4 Å². The first-order valence-corrected chi connectivity index (χ1v) is 14.7. The van der Waals surface area contributed by atoms with Crippen LogP contribution in [0.3, 0.4) is 0 Å². The molecule has 47 heavy (non-hydrogen) atoms. The first-order valence-electron chi connectivity index (χ1n) is 14.7. The molecular weight excluding hydrogens is 598 g/mol. The van der Waals surface area contributed by atoms with Crippen molar-refractivity contribution in [1.29, 1.82) is 0 Å². The average molecular weight is 631 g/mol. The van der Waals surface area contributed by atoms with Gasteiger partial charge in [-0.25, -0.2) is 9.36 Å². The molecule has 0 aliphatic carbocycles. The van der Waals surface area contributed by atoms with Crippen molar-refractivity contribution < 1.29 is 23.7 Å². The number of para-hydroxylation sites is 4. The summed E-state index contributed by atoms with van der Waals surface area (Å²) in [6.45, 7) is 0. The number of ether oxygens (including phenoxy) is 4. The molecule has 0 aliphatic heterocycles. The van der Waals surface area contributed by atoms with E-state index in [1.165, 1.54) is 9.36 Å². The van der Waals surface area contributed by atoms with Crippen molar-refractivity contribution in [2.45, 2.75) is 6.17 Å². The summed E-state index contributed by atoms with van der Waals surface area (Å²) in [5.74, 6) is 1.35. The second-order valence-electron chi connectivity index (χ2n) is 10.4. The summed E-state index contributed by atoms with van der Waals surface area (Å²) in [5, 5.41) is 22.2. The third-order valence-electron chi connectivity index (χ3n) is 7.80. The summed E-state index contributed by atoms with van der Waals surface area (Å²) in [7, 11) is 6.28. The molecular formula is C36H32N5O6-. The van der Waals surface area contributed by atoms with Gasteiger partial charge in [0.05, 0.1) is 51.2 Å². The van der Waals surface area contributed by atoms with Crippen LogP contribution in [0.15, 0.2) is 109 Å². The van der Waals surface area contributed by atoms with E-state index in [4.69, 9.17) is 29.1 Å². The number of nitrogens with one attached hydrogen (secondary N) is 1. The molecule has 2 heterocycles. The molecule has 0 atom stereocenters. The van der Waals surface area contributed by atoms with E-state index >= 15 is 0 Å². The van der Waals surface area contributed by atoms with Crippen molar-refractivity contribution >= 4 is 5.91 Å². The molecule has 6 rings (SSSR count). The maximum atomic E-state index is 13.9. The molecule has 1 amide bonds. The minimum absolute atomic E-state index is 0.497. The van der Waals surface area contributed by atoms with Crippen molar-refractivity contribution in [3.05, 3.63) is 114 Å². The minimum atomic E-state index is -1.40. The zero-order valence-electron chi connectivity index (χ0n) is 26.2. The largest absolute Gasteiger partial charge is 0.759 e. The topological polar surface area (TPSA) is 125 Å². The molecule has 238 valence electrons. The molecule has 4 aromatic carbocycles. The molecule has 6 aromatic rings.